The Morgan fingerprint density at radius 1 is 0.833 bits per heavy atom. The normalized spacial score (nSPS) is 16.5. The second kappa shape index (κ2) is 12.9. The lowest BCUT2D eigenvalue weighted by atomic mass is 9.90. The maximum absolute atomic E-state index is 14.4. The predicted octanol–water partition coefficient (Wildman–Crippen LogP) is 5.00. The van der Waals surface area contributed by atoms with Crippen LogP contribution in [0.25, 0.3) is 0 Å². The number of rotatable bonds is 8. The van der Waals surface area contributed by atoms with E-state index in [2.05, 4.69) is 9.80 Å². The lowest BCUT2D eigenvalue weighted by Crippen LogP contribution is -2.64. The predicted molar refractivity (Wildman–Crippen MR) is 153 cm³/mol. The Morgan fingerprint density at radius 2 is 1.33 bits per heavy atom. The van der Waals surface area contributed by atoms with Crippen molar-refractivity contribution in [2.75, 3.05) is 47.4 Å². The Kier molecular flexibility index (Phi) is 9.70. The molecule has 0 N–H and O–H groups in total. The number of piperazine rings is 1. The fraction of sp³-hybridized carbons (Fsp3) is 0.387. The van der Waals surface area contributed by atoms with E-state index in [1.807, 2.05) is 24.3 Å². The number of halogens is 5. The third-order valence-corrected chi connectivity index (χ3v) is 8.19. The third-order valence-electron chi connectivity index (χ3n) is 8.19. The van der Waals surface area contributed by atoms with Crippen LogP contribution in [0.5, 0.6) is 11.5 Å². The van der Waals surface area contributed by atoms with Crippen molar-refractivity contribution in [3.05, 3.63) is 94.1 Å². The van der Waals surface area contributed by atoms with Gasteiger partial charge in [0.05, 0.1) is 14.2 Å². The van der Waals surface area contributed by atoms with Crippen LogP contribution in [0, 0.1) is 23.3 Å². The third kappa shape index (κ3) is 6.07. The molecule has 11 heteroatoms. The van der Waals surface area contributed by atoms with Crippen molar-refractivity contribution in [1.82, 2.24) is 14.7 Å². The van der Waals surface area contributed by atoms with Gasteiger partial charge in [-0.2, -0.15) is 0 Å². The topological polar surface area (TPSA) is 45.2 Å². The van der Waals surface area contributed by atoms with Crippen molar-refractivity contribution in [2.24, 2.45) is 0 Å². The first-order chi connectivity index (χ1) is 19.6. The van der Waals surface area contributed by atoms with Gasteiger partial charge < -0.3 is 14.4 Å². The van der Waals surface area contributed by atoms with E-state index in [0.29, 0.717) is 51.1 Å². The average molecular weight is 608 g/mol. The number of amides is 1. The van der Waals surface area contributed by atoms with E-state index in [9.17, 15) is 22.4 Å². The van der Waals surface area contributed by atoms with Crippen LogP contribution < -0.4 is 9.47 Å². The highest BCUT2D eigenvalue weighted by Crippen LogP contribution is 2.38. The highest BCUT2D eigenvalue weighted by Gasteiger charge is 2.50. The molecule has 0 saturated carbocycles. The summed E-state index contributed by atoms with van der Waals surface area (Å²) < 4.78 is 67.0. The highest BCUT2D eigenvalue weighted by molar-refractivity contribution is 5.88. The Labute approximate surface area is 249 Å². The SMILES string of the molecule is COc1c(F)cc(F)cc1CN1CCN(C2(C(=O)N(C)Cc3cc(F)cc(F)c3OC)Cc3ccccc3C2)CC1.Cl. The fourth-order valence-corrected chi connectivity index (χ4v) is 6.28. The van der Waals surface area contributed by atoms with Crippen LogP contribution >= 0.6 is 12.4 Å². The van der Waals surface area contributed by atoms with Gasteiger partial charge in [-0.1, -0.05) is 24.3 Å². The van der Waals surface area contributed by atoms with E-state index < -0.39 is 28.8 Å². The smallest absolute Gasteiger partial charge is 0.243 e. The van der Waals surface area contributed by atoms with Gasteiger partial charge in [-0.25, -0.2) is 17.6 Å². The molecule has 1 heterocycles. The van der Waals surface area contributed by atoms with Crippen LogP contribution in [0.3, 0.4) is 0 Å². The first-order valence-corrected chi connectivity index (χ1v) is 13.5. The summed E-state index contributed by atoms with van der Waals surface area (Å²) in [6.45, 7) is 2.51. The summed E-state index contributed by atoms with van der Waals surface area (Å²) in [5, 5.41) is 0. The largest absolute Gasteiger partial charge is 0.493 e. The maximum Gasteiger partial charge on any atom is 0.243 e. The van der Waals surface area contributed by atoms with Crippen LogP contribution in [0.2, 0.25) is 0 Å². The van der Waals surface area contributed by atoms with E-state index in [1.165, 1.54) is 31.3 Å². The lowest BCUT2D eigenvalue weighted by Gasteiger charge is -2.46. The van der Waals surface area contributed by atoms with Gasteiger partial charge in [0.1, 0.15) is 17.2 Å². The van der Waals surface area contributed by atoms with Gasteiger partial charge >= 0.3 is 0 Å². The Hall–Kier alpha value is -3.34. The van der Waals surface area contributed by atoms with Gasteiger partial charge in [-0.15, -0.1) is 12.4 Å². The second-order valence-electron chi connectivity index (χ2n) is 10.7. The van der Waals surface area contributed by atoms with Crippen molar-refractivity contribution in [3.63, 3.8) is 0 Å². The highest BCUT2D eigenvalue weighted by atomic mass is 35.5. The van der Waals surface area contributed by atoms with Crippen molar-refractivity contribution >= 4 is 18.3 Å². The zero-order valence-electron chi connectivity index (χ0n) is 23.8. The van der Waals surface area contributed by atoms with Gasteiger partial charge in [0.2, 0.25) is 5.91 Å². The molecule has 0 atom stereocenters. The Bertz CT molecular complexity index is 1420. The first kappa shape index (κ1) is 31.6. The number of benzene rings is 3. The zero-order valence-corrected chi connectivity index (χ0v) is 24.6. The molecular weight excluding hydrogens is 574 g/mol. The summed E-state index contributed by atoms with van der Waals surface area (Å²) in [7, 11) is 4.30. The molecule has 0 bridgehead atoms. The van der Waals surface area contributed by atoms with Gasteiger partial charge in [0, 0.05) is 82.4 Å². The standard InChI is InChI=1S/C31H33F4N3O3.ClH/c1-36(18-22-12-24(32)14-26(34)28(22)40-2)30(39)31(16-20-6-4-5-7-21(20)17-31)38-10-8-37(9-11-38)19-23-13-25(33)15-27(35)29(23)41-3;/h4-7,12-15H,8-11,16-19H2,1-3H3;1H. The number of nitrogens with zero attached hydrogens (tertiary/aromatic N) is 3. The number of ether oxygens (including phenoxy) is 2. The number of methoxy groups -OCH3 is 2. The van der Waals surface area contributed by atoms with Gasteiger partial charge in [0.15, 0.2) is 23.1 Å². The Balaban J connectivity index is 0.00000405. The number of carbonyl (C=O) groups is 1. The molecule has 1 amide bonds. The van der Waals surface area contributed by atoms with Gasteiger partial charge in [-0.05, 0) is 23.3 Å². The molecule has 226 valence electrons. The number of hydrogen-bond acceptors (Lipinski definition) is 5. The van der Waals surface area contributed by atoms with Gasteiger partial charge in [0.25, 0.3) is 0 Å². The molecule has 0 radical (unpaired) electrons. The van der Waals surface area contributed by atoms with E-state index >= 15 is 0 Å². The van der Waals surface area contributed by atoms with Crippen LogP contribution in [0.1, 0.15) is 22.3 Å². The second-order valence-corrected chi connectivity index (χ2v) is 10.7. The van der Waals surface area contributed by atoms with Crippen LogP contribution in [-0.4, -0.2) is 73.6 Å². The molecule has 0 unspecified atom stereocenters. The van der Waals surface area contributed by atoms with Crippen molar-refractivity contribution < 1.29 is 31.8 Å². The summed E-state index contributed by atoms with van der Waals surface area (Å²) in [5.74, 6) is -3.19. The summed E-state index contributed by atoms with van der Waals surface area (Å²) in [6.07, 6.45) is 1.01. The number of hydrogen-bond donors (Lipinski definition) is 0. The molecular formula is C31H34ClF4N3O3. The maximum atomic E-state index is 14.4. The van der Waals surface area contributed by atoms with E-state index in [4.69, 9.17) is 9.47 Å². The van der Waals surface area contributed by atoms with Crippen molar-refractivity contribution in [1.29, 1.82) is 0 Å². The van der Waals surface area contributed by atoms with Gasteiger partial charge in [-0.3, -0.25) is 14.6 Å². The lowest BCUT2D eigenvalue weighted by molar-refractivity contribution is -0.145. The molecule has 1 aliphatic heterocycles. The van der Waals surface area contributed by atoms with Crippen molar-refractivity contribution in [3.8, 4) is 11.5 Å². The summed E-state index contributed by atoms with van der Waals surface area (Å²) in [4.78, 5) is 20.0. The van der Waals surface area contributed by atoms with E-state index in [0.717, 1.165) is 23.3 Å². The minimum atomic E-state index is -0.883. The Morgan fingerprint density at radius 3 is 1.86 bits per heavy atom. The molecule has 42 heavy (non-hydrogen) atoms. The molecule has 3 aromatic carbocycles. The zero-order chi connectivity index (χ0) is 29.3. The molecule has 5 rings (SSSR count). The summed E-state index contributed by atoms with van der Waals surface area (Å²) in [6, 6.07) is 12.0. The number of carbonyl (C=O) groups excluding carboxylic acids is 1. The van der Waals surface area contributed by atoms with Crippen LogP contribution in [-0.2, 0) is 30.7 Å². The summed E-state index contributed by atoms with van der Waals surface area (Å²) in [5.41, 5.74) is 1.96. The molecule has 3 aromatic rings. The number of likely N-dealkylation sites (N-methyl/N-ethyl adjacent to an activating group) is 1. The quantitative estimate of drug-likeness (QED) is 0.338. The molecule has 2 aliphatic rings. The molecule has 1 fully saturated rings. The molecule has 6 nitrogen and oxygen atoms in total. The molecule has 1 saturated heterocycles. The van der Waals surface area contributed by atoms with E-state index in [-0.39, 0.29) is 41.9 Å². The molecule has 1 aliphatic carbocycles. The van der Waals surface area contributed by atoms with Crippen LogP contribution in [0.15, 0.2) is 48.5 Å². The van der Waals surface area contributed by atoms with Crippen molar-refractivity contribution in [2.45, 2.75) is 31.5 Å². The minimum absolute atomic E-state index is 0. The summed E-state index contributed by atoms with van der Waals surface area (Å²) >= 11 is 0. The average Bonchev–Trinajstić information content (AvgIpc) is 3.33. The fourth-order valence-electron chi connectivity index (χ4n) is 6.28. The monoisotopic (exact) mass is 607 g/mol. The van der Waals surface area contributed by atoms with Crippen LogP contribution in [0.4, 0.5) is 17.6 Å². The minimum Gasteiger partial charge on any atom is -0.493 e. The first-order valence-electron chi connectivity index (χ1n) is 13.5. The number of fused-ring (bicyclic) bond motifs is 1. The molecule has 0 spiro atoms. The molecule has 0 aromatic heterocycles. The van der Waals surface area contributed by atoms with E-state index in [1.54, 1.807) is 7.05 Å².